The monoisotopic (exact) mass is 278 g/mol. The molecule has 98 valence electrons. The first kappa shape index (κ1) is 20.4. The van der Waals surface area contributed by atoms with E-state index in [4.69, 9.17) is 4.74 Å². The summed E-state index contributed by atoms with van der Waals surface area (Å²) >= 11 is 0. The number of benzene rings is 1. The van der Waals surface area contributed by atoms with Crippen LogP contribution in [0.2, 0.25) is 0 Å². The minimum atomic E-state index is 0. The number of hydrogen-bond donors (Lipinski definition) is 0. The molecule has 0 unspecified atom stereocenters. The smallest absolute Gasteiger partial charge is 1.00 e. The Balaban J connectivity index is 0. The predicted octanol–water partition coefficient (Wildman–Crippen LogP) is 0.714. The first-order valence-corrected chi connectivity index (χ1v) is 5.77. The Hall–Kier alpha value is 0.0762. The Kier molecular flexibility index (Phi) is 7.95. The molecule has 0 aromatic heterocycles. The van der Waals surface area contributed by atoms with Gasteiger partial charge in [-0.2, -0.15) is 18.2 Å². The summed E-state index contributed by atoms with van der Waals surface area (Å²) in [6.45, 7) is 13.2. The second-order valence-corrected chi connectivity index (χ2v) is 6.32. The maximum absolute atomic E-state index is 5.61. The third-order valence-corrected chi connectivity index (χ3v) is 2.76. The zero-order valence-electron chi connectivity index (χ0n) is 12.6. The van der Waals surface area contributed by atoms with Crippen molar-refractivity contribution < 1.29 is 17.1 Å². The average Bonchev–Trinajstić information content (AvgIpc) is 2.13. The molecule has 3 heteroatoms. The van der Waals surface area contributed by atoms with Crippen molar-refractivity contribution in [2.24, 2.45) is 0 Å². The molecular weight excluding hydrogens is 256 g/mol. The molecule has 0 aliphatic carbocycles. The zero-order chi connectivity index (χ0) is 12.6. The van der Waals surface area contributed by atoms with E-state index in [1.54, 1.807) is 7.11 Å². The van der Waals surface area contributed by atoms with Crippen LogP contribution in [0.5, 0.6) is 5.75 Å². The van der Waals surface area contributed by atoms with Gasteiger partial charge in [0.2, 0.25) is 0 Å². The van der Waals surface area contributed by atoms with Crippen molar-refractivity contribution in [3.8, 4) is 5.75 Å². The number of hydrogen-bond acceptors (Lipinski definition) is 1. The quantitative estimate of drug-likeness (QED) is 0.543. The van der Waals surface area contributed by atoms with Crippen LogP contribution in [0, 0.1) is 6.07 Å². The molecule has 0 bridgehead atoms. The largest absolute Gasteiger partial charge is 2.00 e. The number of halogens is 1. The summed E-state index contributed by atoms with van der Waals surface area (Å²) in [5, 5.41) is 0. The average molecular weight is 279 g/mol. The van der Waals surface area contributed by atoms with Gasteiger partial charge in [0.15, 0.2) is 0 Å². The second kappa shape index (κ2) is 7.02. The van der Waals surface area contributed by atoms with Gasteiger partial charge in [0.25, 0.3) is 0 Å². The molecule has 1 aromatic rings. The minimum absolute atomic E-state index is 0. The van der Waals surface area contributed by atoms with E-state index in [1.165, 1.54) is 11.1 Å². The van der Waals surface area contributed by atoms with E-state index in [0.717, 1.165) is 5.75 Å². The molecule has 0 saturated heterocycles. The summed E-state index contributed by atoms with van der Waals surface area (Å²) in [5.74, 6) is 1.01. The Morgan fingerprint density at radius 2 is 1.22 bits per heavy atom. The van der Waals surface area contributed by atoms with E-state index in [2.05, 4.69) is 47.6 Å². The summed E-state index contributed by atoms with van der Waals surface area (Å²) in [7, 11) is 1.75. The van der Waals surface area contributed by atoms with Crippen molar-refractivity contribution in [3.63, 3.8) is 0 Å². The normalized spacial score (nSPS) is 11.3. The standard InChI is InChI=1S/C15H23O.ClH.Mg/c1-14(2,3)11-9-8-10-12(13(11)16-7)15(4,5)6;;/h9-10H,1-7H3;1H;/q-1;;+2/p-1. The number of methoxy groups -OCH3 is 1. The topological polar surface area (TPSA) is 9.23 Å². The maximum Gasteiger partial charge on any atom is 2.00 e. The molecule has 0 heterocycles. The van der Waals surface area contributed by atoms with E-state index in [-0.39, 0.29) is 46.3 Å². The van der Waals surface area contributed by atoms with E-state index in [1.807, 2.05) is 12.1 Å². The van der Waals surface area contributed by atoms with E-state index in [9.17, 15) is 0 Å². The van der Waals surface area contributed by atoms with Gasteiger partial charge >= 0.3 is 23.1 Å². The van der Waals surface area contributed by atoms with Gasteiger partial charge in [-0.1, -0.05) is 52.4 Å². The molecule has 1 aromatic carbocycles. The van der Waals surface area contributed by atoms with Crippen LogP contribution in [-0.4, -0.2) is 30.2 Å². The Bertz CT molecular complexity index is 343. The molecule has 0 atom stereocenters. The van der Waals surface area contributed by atoms with Crippen molar-refractivity contribution >= 4 is 23.1 Å². The van der Waals surface area contributed by atoms with E-state index >= 15 is 0 Å². The third kappa shape index (κ3) is 4.64. The van der Waals surface area contributed by atoms with Crippen LogP contribution in [-0.2, 0) is 10.8 Å². The minimum Gasteiger partial charge on any atom is -1.00 e. The fourth-order valence-corrected chi connectivity index (χ4v) is 1.82. The van der Waals surface area contributed by atoms with Crippen molar-refractivity contribution in [2.45, 2.75) is 52.4 Å². The summed E-state index contributed by atoms with van der Waals surface area (Å²) in [6, 6.07) is 7.31. The maximum atomic E-state index is 5.61. The SMILES string of the molecule is COc1c(C(C)(C)C)c[c-]cc1C(C)(C)C.[Cl-].[Mg+2]. The molecule has 0 fully saturated rings. The Morgan fingerprint density at radius 1 is 0.889 bits per heavy atom. The molecule has 18 heavy (non-hydrogen) atoms. The zero-order valence-corrected chi connectivity index (χ0v) is 14.8. The van der Waals surface area contributed by atoms with Crippen LogP contribution in [0.4, 0.5) is 0 Å². The summed E-state index contributed by atoms with van der Waals surface area (Å²) in [5.41, 5.74) is 2.62. The van der Waals surface area contributed by atoms with Crippen LogP contribution >= 0.6 is 0 Å². The second-order valence-electron chi connectivity index (χ2n) is 6.32. The van der Waals surface area contributed by atoms with E-state index in [0.29, 0.717) is 0 Å². The molecule has 0 spiro atoms. The molecule has 0 N–H and O–H groups in total. The van der Waals surface area contributed by atoms with Gasteiger partial charge in [0.1, 0.15) is 0 Å². The van der Waals surface area contributed by atoms with Gasteiger partial charge in [0, 0.05) is 5.75 Å². The molecule has 0 aliphatic heterocycles. The number of rotatable bonds is 1. The number of ether oxygens (including phenoxy) is 1. The Labute approximate surface area is 134 Å². The predicted molar refractivity (Wildman–Crippen MR) is 75.0 cm³/mol. The molecule has 0 aliphatic rings. The Morgan fingerprint density at radius 3 is 1.44 bits per heavy atom. The molecule has 1 nitrogen and oxygen atoms in total. The van der Waals surface area contributed by atoms with Crippen LogP contribution in [0.3, 0.4) is 0 Å². The van der Waals surface area contributed by atoms with Gasteiger partial charge in [0.05, 0.1) is 7.11 Å². The summed E-state index contributed by atoms with van der Waals surface area (Å²) in [6.07, 6.45) is 0. The van der Waals surface area contributed by atoms with Crippen molar-refractivity contribution in [3.05, 3.63) is 29.3 Å². The van der Waals surface area contributed by atoms with Gasteiger partial charge < -0.3 is 17.1 Å². The molecule has 0 amide bonds. The van der Waals surface area contributed by atoms with E-state index < -0.39 is 0 Å². The van der Waals surface area contributed by atoms with Crippen LogP contribution in [0.25, 0.3) is 0 Å². The van der Waals surface area contributed by atoms with Crippen LogP contribution in [0.1, 0.15) is 52.7 Å². The first-order chi connectivity index (χ1) is 7.18. The molecule has 0 radical (unpaired) electrons. The first-order valence-electron chi connectivity index (χ1n) is 5.77. The fourth-order valence-electron chi connectivity index (χ4n) is 1.82. The van der Waals surface area contributed by atoms with Gasteiger partial charge in [-0.3, -0.25) is 0 Å². The van der Waals surface area contributed by atoms with Gasteiger partial charge in [-0.25, -0.2) is 0 Å². The molecule has 1 rings (SSSR count). The van der Waals surface area contributed by atoms with Crippen molar-refractivity contribution in [1.29, 1.82) is 0 Å². The van der Waals surface area contributed by atoms with Crippen LogP contribution < -0.4 is 17.1 Å². The van der Waals surface area contributed by atoms with Gasteiger partial charge in [-0.05, 0) is 0 Å². The van der Waals surface area contributed by atoms with Crippen molar-refractivity contribution in [2.75, 3.05) is 7.11 Å². The van der Waals surface area contributed by atoms with Crippen LogP contribution in [0.15, 0.2) is 12.1 Å². The summed E-state index contributed by atoms with van der Waals surface area (Å²) in [4.78, 5) is 0. The van der Waals surface area contributed by atoms with Gasteiger partial charge in [-0.15, -0.1) is 11.1 Å². The third-order valence-electron chi connectivity index (χ3n) is 2.76. The molecule has 0 saturated carbocycles. The fraction of sp³-hybridized carbons (Fsp3) is 0.600. The molecular formula is C15H23ClMgO. The van der Waals surface area contributed by atoms with Crippen molar-refractivity contribution in [1.82, 2.24) is 0 Å². The summed E-state index contributed by atoms with van der Waals surface area (Å²) < 4.78 is 5.61.